The van der Waals surface area contributed by atoms with E-state index in [1.54, 1.807) is 33.3 Å². The minimum Gasteiger partial charge on any atom is -0.493 e. The molecule has 0 fully saturated rings. The number of allylic oxidation sites excluding steroid dienone is 2. The third-order valence-corrected chi connectivity index (χ3v) is 9.14. The number of aliphatic hydroxyl groups excluding tert-OH is 1. The molecule has 1 aliphatic rings. The van der Waals surface area contributed by atoms with Gasteiger partial charge in [-0.05, 0) is 118 Å². The number of rotatable bonds is 19. The lowest BCUT2D eigenvalue weighted by molar-refractivity contribution is -0.138. The molecule has 0 saturated carbocycles. The van der Waals surface area contributed by atoms with Gasteiger partial charge in [0.25, 0.3) is 0 Å². The first-order chi connectivity index (χ1) is 24.6. The lowest BCUT2D eigenvalue weighted by atomic mass is 9.82. The molecule has 272 valence electrons. The molecule has 8 heteroatoms. The van der Waals surface area contributed by atoms with E-state index >= 15 is 0 Å². The maximum atomic E-state index is 12.7. The van der Waals surface area contributed by atoms with Crippen LogP contribution in [0, 0.1) is 19.8 Å². The average Bonchev–Trinajstić information content (AvgIpc) is 3.12. The maximum Gasteiger partial charge on any atom is 0.331 e. The van der Waals surface area contributed by atoms with E-state index in [-0.39, 0.29) is 24.9 Å². The van der Waals surface area contributed by atoms with Gasteiger partial charge in [0.1, 0.15) is 6.61 Å². The molecule has 1 atom stereocenters. The van der Waals surface area contributed by atoms with Crippen molar-refractivity contribution < 1.29 is 38.4 Å². The molecule has 0 spiro atoms. The van der Waals surface area contributed by atoms with Gasteiger partial charge < -0.3 is 28.8 Å². The third-order valence-electron chi connectivity index (χ3n) is 9.14. The molecule has 1 aliphatic carbocycles. The highest BCUT2D eigenvalue weighted by Crippen LogP contribution is 2.35. The second-order valence-electron chi connectivity index (χ2n) is 13.1. The highest BCUT2D eigenvalue weighted by atomic mass is 16.5. The van der Waals surface area contributed by atoms with Crippen LogP contribution in [0.25, 0.3) is 6.08 Å². The van der Waals surface area contributed by atoms with Gasteiger partial charge in [0.15, 0.2) is 28.8 Å². The molecule has 0 radical (unpaired) electrons. The van der Waals surface area contributed by atoms with E-state index in [2.05, 4.69) is 12.7 Å². The Labute approximate surface area is 302 Å². The lowest BCUT2D eigenvalue weighted by Gasteiger charge is -2.24. The molecule has 0 saturated heterocycles. The van der Waals surface area contributed by atoms with Crippen LogP contribution in [0.2, 0.25) is 0 Å². The minimum atomic E-state index is -0.432. The summed E-state index contributed by atoms with van der Waals surface area (Å²) in [5.41, 5.74) is 7.75. The molecule has 1 N–H and O–H groups in total. The number of esters is 1. The smallest absolute Gasteiger partial charge is 0.331 e. The number of benzene rings is 3. The number of unbranched alkanes of at least 4 members (excludes halogenated alkanes) is 2. The molecular weight excluding hydrogens is 644 g/mol. The Hall–Kier alpha value is -4.82. The van der Waals surface area contributed by atoms with Crippen molar-refractivity contribution in [2.45, 2.75) is 72.3 Å². The Morgan fingerprint density at radius 2 is 1.55 bits per heavy atom. The van der Waals surface area contributed by atoms with E-state index in [0.717, 1.165) is 71.9 Å². The van der Waals surface area contributed by atoms with Crippen molar-refractivity contribution in [2.75, 3.05) is 34.0 Å². The summed E-state index contributed by atoms with van der Waals surface area (Å²) in [5, 5.41) is 10.00. The number of ketones is 1. The molecule has 51 heavy (non-hydrogen) atoms. The zero-order chi connectivity index (χ0) is 36.8. The molecule has 8 nitrogen and oxygen atoms in total. The molecule has 0 unspecified atom stereocenters. The van der Waals surface area contributed by atoms with E-state index in [1.807, 2.05) is 56.3 Å². The fraction of sp³-hybridized carbons (Fsp3) is 0.395. The standard InChI is InChI=1S/C43H52O8/c1-29-10-13-33(14-11-29)28-51-43(46)19-18-36-25-42(39(47-5)24-35(36)17-16-34-15-12-30(2)22-37(34)27-44)50-21-9-7-8-20-49-41-23-31(3)38(32(4)45)26-40(41)48-6/h10-11,13-15,18-19,23-26,37,44H,2,7-9,12,16-17,20-22,27-28H2,1,3-6H3/t37-/m0/s1. The summed E-state index contributed by atoms with van der Waals surface area (Å²) in [7, 11) is 3.19. The van der Waals surface area contributed by atoms with E-state index in [4.69, 9.17) is 23.7 Å². The Morgan fingerprint density at radius 3 is 2.20 bits per heavy atom. The van der Waals surface area contributed by atoms with Crippen LogP contribution in [0.3, 0.4) is 0 Å². The van der Waals surface area contributed by atoms with Crippen molar-refractivity contribution >= 4 is 17.8 Å². The summed E-state index contributed by atoms with van der Waals surface area (Å²) in [6.07, 6.45) is 11.0. The molecular formula is C43H52O8. The van der Waals surface area contributed by atoms with Gasteiger partial charge in [-0.2, -0.15) is 0 Å². The zero-order valence-corrected chi connectivity index (χ0v) is 30.7. The second kappa shape index (κ2) is 19.5. The first-order valence-corrected chi connectivity index (χ1v) is 17.6. The van der Waals surface area contributed by atoms with Gasteiger partial charge in [0.05, 0.1) is 27.4 Å². The first kappa shape index (κ1) is 39.0. The number of hydrogen-bond donors (Lipinski definition) is 1. The van der Waals surface area contributed by atoms with E-state index in [1.165, 1.54) is 11.6 Å². The first-order valence-electron chi connectivity index (χ1n) is 17.6. The largest absolute Gasteiger partial charge is 0.493 e. The van der Waals surface area contributed by atoms with Crippen LogP contribution < -0.4 is 18.9 Å². The number of aliphatic hydroxyl groups is 1. The van der Waals surface area contributed by atoms with Gasteiger partial charge in [0, 0.05) is 24.2 Å². The number of methoxy groups -OCH3 is 2. The zero-order valence-electron chi connectivity index (χ0n) is 30.7. The van der Waals surface area contributed by atoms with Gasteiger partial charge in [-0.15, -0.1) is 0 Å². The molecule has 3 aromatic rings. The maximum absolute atomic E-state index is 12.7. The Morgan fingerprint density at radius 1 is 0.882 bits per heavy atom. The van der Waals surface area contributed by atoms with Crippen LogP contribution in [-0.4, -0.2) is 50.9 Å². The van der Waals surface area contributed by atoms with Crippen LogP contribution in [0.4, 0.5) is 0 Å². The molecule has 4 rings (SSSR count). The lowest BCUT2D eigenvalue weighted by Crippen LogP contribution is -2.15. The van der Waals surface area contributed by atoms with Crippen LogP contribution in [0.1, 0.15) is 83.6 Å². The van der Waals surface area contributed by atoms with E-state index in [9.17, 15) is 14.7 Å². The normalized spacial score (nSPS) is 14.3. The van der Waals surface area contributed by atoms with Gasteiger partial charge in [-0.3, -0.25) is 4.79 Å². The molecule has 0 aliphatic heterocycles. The summed E-state index contributed by atoms with van der Waals surface area (Å²) in [6.45, 7) is 10.8. The molecule has 0 heterocycles. The van der Waals surface area contributed by atoms with Crippen molar-refractivity contribution in [3.8, 4) is 23.0 Å². The van der Waals surface area contributed by atoms with Crippen LogP contribution >= 0.6 is 0 Å². The van der Waals surface area contributed by atoms with Crippen molar-refractivity contribution in [1.82, 2.24) is 0 Å². The van der Waals surface area contributed by atoms with Gasteiger partial charge in [-0.1, -0.05) is 53.6 Å². The summed E-state index contributed by atoms with van der Waals surface area (Å²) < 4.78 is 28.9. The van der Waals surface area contributed by atoms with Crippen molar-refractivity contribution in [3.63, 3.8) is 0 Å². The predicted octanol–water partition coefficient (Wildman–Crippen LogP) is 8.73. The quantitative estimate of drug-likeness (QED) is 0.0437. The summed E-state index contributed by atoms with van der Waals surface area (Å²) >= 11 is 0. The Kier molecular flexibility index (Phi) is 14.9. The number of Topliss-reactive ketones (excluding diaryl/α,β-unsaturated/α-hetero) is 1. The van der Waals surface area contributed by atoms with Gasteiger partial charge >= 0.3 is 5.97 Å². The number of carbonyl (C=O) groups excluding carboxylic acids is 2. The highest BCUT2D eigenvalue weighted by Gasteiger charge is 2.20. The Balaban J connectivity index is 1.39. The van der Waals surface area contributed by atoms with Crippen molar-refractivity contribution in [3.05, 3.63) is 112 Å². The topological polar surface area (TPSA) is 101 Å². The summed E-state index contributed by atoms with van der Waals surface area (Å²) in [5.74, 6) is 2.02. The highest BCUT2D eigenvalue weighted by molar-refractivity contribution is 5.96. The van der Waals surface area contributed by atoms with Gasteiger partial charge in [0.2, 0.25) is 0 Å². The van der Waals surface area contributed by atoms with E-state index < -0.39 is 5.97 Å². The number of hydrogen-bond acceptors (Lipinski definition) is 8. The fourth-order valence-corrected chi connectivity index (χ4v) is 6.14. The number of carbonyl (C=O) groups is 2. The van der Waals surface area contributed by atoms with Crippen LogP contribution in [0.15, 0.2) is 78.4 Å². The number of ether oxygens (including phenoxy) is 5. The molecule has 0 aromatic heterocycles. The predicted molar refractivity (Wildman–Crippen MR) is 201 cm³/mol. The SMILES string of the molecule is C=C1CC=C(CCc2cc(OC)c(OCCCCCOc3cc(C)c(C(C)=O)cc3OC)cc2C=CC(=O)OCc2ccc(C)cc2)[C@H](CO)C1. The van der Waals surface area contributed by atoms with Gasteiger partial charge in [-0.25, -0.2) is 4.79 Å². The van der Waals surface area contributed by atoms with Crippen molar-refractivity contribution in [2.24, 2.45) is 5.92 Å². The van der Waals surface area contributed by atoms with Crippen molar-refractivity contribution in [1.29, 1.82) is 0 Å². The van der Waals surface area contributed by atoms with E-state index in [0.29, 0.717) is 48.2 Å². The molecule has 3 aromatic carbocycles. The third kappa shape index (κ3) is 11.6. The van der Waals surface area contributed by atoms with Crippen LogP contribution in [-0.2, 0) is 22.6 Å². The fourth-order valence-electron chi connectivity index (χ4n) is 6.14. The second-order valence-corrected chi connectivity index (χ2v) is 13.1. The minimum absolute atomic E-state index is 0.0108. The van der Waals surface area contributed by atoms with Crippen LogP contribution in [0.5, 0.6) is 23.0 Å². The average molecular weight is 697 g/mol. The summed E-state index contributed by atoms with van der Waals surface area (Å²) in [4.78, 5) is 24.6. The molecule has 0 amide bonds. The summed E-state index contributed by atoms with van der Waals surface area (Å²) in [6, 6.07) is 15.4. The number of aryl methyl sites for hydroxylation is 3. The Bertz CT molecular complexity index is 1720. The molecule has 0 bridgehead atoms. The monoisotopic (exact) mass is 696 g/mol.